The van der Waals surface area contributed by atoms with Crippen LogP contribution in [0, 0.1) is 5.92 Å². The molecule has 4 N–H and O–H groups in total. The molecule has 0 aliphatic heterocycles. The molecule has 37 heavy (non-hydrogen) atoms. The van der Waals surface area contributed by atoms with E-state index in [1.165, 1.54) is 23.1 Å². The molecule has 0 spiro atoms. The zero-order valence-corrected chi connectivity index (χ0v) is 22.9. The molecule has 0 saturated carbocycles. The van der Waals surface area contributed by atoms with Crippen LogP contribution in [-0.2, 0) is 24.2 Å². The predicted octanol–water partition coefficient (Wildman–Crippen LogP) is 4.20. The number of thioether (sulfide) groups is 1. The molecule has 0 radical (unpaired) electrons. The summed E-state index contributed by atoms with van der Waals surface area (Å²) in [6.07, 6.45) is 3.82. The molecule has 3 amide bonds. The molecular weight excluding hydrogens is 508 g/mol. The van der Waals surface area contributed by atoms with Crippen LogP contribution in [0.2, 0.25) is 0 Å². The average Bonchev–Trinajstić information content (AvgIpc) is 3.46. The first-order chi connectivity index (χ1) is 17.8. The van der Waals surface area contributed by atoms with Crippen LogP contribution in [0.25, 0.3) is 0 Å². The van der Waals surface area contributed by atoms with Gasteiger partial charge in [0.1, 0.15) is 5.00 Å². The molecule has 1 atom stereocenters. The number of rotatable bonds is 10. The first-order valence-corrected chi connectivity index (χ1v) is 14.3. The fourth-order valence-corrected chi connectivity index (χ4v) is 6.61. The van der Waals surface area contributed by atoms with Crippen LogP contribution < -0.4 is 16.4 Å². The number of anilines is 1. The fraction of sp³-hybridized carbons (Fsp3) is 0.423. The van der Waals surface area contributed by atoms with Gasteiger partial charge in [0.05, 0.1) is 17.4 Å². The number of hydrogen-bond acceptors (Lipinski definition) is 7. The lowest BCUT2D eigenvalue weighted by atomic mass is 9.95. The molecule has 9 nitrogen and oxygen atoms in total. The maximum absolute atomic E-state index is 12.8. The van der Waals surface area contributed by atoms with Gasteiger partial charge >= 0.3 is 0 Å². The van der Waals surface area contributed by atoms with Gasteiger partial charge in [-0.2, -0.15) is 0 Å². The zero-order valence-electron chi connectivity index (χ0n) is 21.2. The second-order valence-electron chi connectivity index (χ2n) is 9.26. The zero-order chi connectivity index (χ0) is 26.5. The number of aromatic nitrogens is 3. The Morgan fingerprint density at radius 2 is 1.86 bits per heavy atom. The molecule has 11 heteroatoms. The minimum absolute atomic E-state index is 0.0698. The number of benzene rings is 1. The van der Waals surface area contributed by atoms with Gasteiger partial charge in [-0.15, -0.1) is 21.5 Å². The van der Waals surface area contributed by atoms with E-state index in [9.17, 15) is 14.4 Å². The minimum Gasteiger partial charge on any atom is -0.365 e. The molecule has 2 heterocycles. The summed E-state index contributed by atoms with van der Waals surface area (Å²) in [4.78, 5) is 38.9. The van der Waals surface area contributed by atoms with E-state index in [4.69, 9.17) is 5.73 Å². The van der Waals surface area contributed by atoms with Gasteiger partial charge in [-0.1, -0.05) is 43.8 Å². The van der Waals surface area contributed by atoms with Crippen molar-refractivity contribution in [3.8, 4) is 0 Å². The van der Waals surface area contributed by atoms with Crippen molar-refractivity contribution in [1.82, 2.24) is 20.1 Å². The normalized spacial score (nSPS) is 13.7. The van der Waals surface area contributed by atoms with E-state index in [0.717, 1.165) is 36.1 Å². The van der Waals surface area contributed by atoms with E-state index >= 15 is 0 Å². The highest BCUT2D eigenvalue weighted by molar-refractivity contribution is 7.99. The number of carbonyl (C=O) groups is 3. The molecular formula is C26H32N6O3S2. The molecule has 3 aromatic rings. The van der Waals surface area contributed by atoms with E-state index < -0.39 is 5.91 Å². The third kappa shape index (κ3) is 6.04. The lowest BCUT2D eigenvalue weighted by Gasteiger charge is -2.22. The van der Waals surface area contributed by atoms with Crippen LogP contribution in [0.1, 0.15) is 76.6 Å². The lowest BCUT2D eigenvalue weighted by molar-refractivity contribution is -0.113. The van der Waals surface area contributed by atoms with Gasteiger partial charge in [0, 0.05) is 17.0 Å². The number of aryl methyl sites for hydroxylation is 1. The Bertz CT molecular complexity index is 1280. The van der Waals surface area contributed by atoms with Gasteiger partial charge < -0.3 is 20.9 Å². The SMILES string of the molecule is CCn1c(SCC(=O)Nc2sc3c(c2C(N)=O)CCCC3)nnc1[C@@H](NC(=O)c1ccccc1)C(C)C. The van der Waals surface area contributed by atoms with Gasteiger partial charge in [0.15, 0.2) is 11.0 Å². The van der Waals surface area contributed by atoms with Crippen molar-refractivity contribution in [2.45, 2.75) is 64.2 Å². The van der Waals surface area contributed by atoms with Gasteiger partial charge in [-0.05, 0) is 56.2 Å². The first-order valence-electron chi connectivity index (χ1n) is 12.5. The molecule has 0 saturated heterocycles. The Hall–Kier alpha value is -3.18. The van der Waals surface area contributed by atoms with Gasteiger partial charge in [-0.3, -0.25) is 14.4 Å². The van der Waals surface area contributed by atoms with E-state index in [-0.39, 0.29) is 29.5 Å². The van der Waals surface area contributed by atoms with Crippen molar-refractivity contribution in [2.75, 3.05) is 11.1 Å². The summed E-state index contributed by atoms with van der Waals surface area (Å²) < 4.78 is 1.92. The van der Waals surface area contributed by atoms with E-state index in [1.807, 2.05) is 43.5 Å². The minimum atomic E-state index is -0.505. The molecule has 0 fully saturated rings. The van der Waals surface area contributed by atoms with Gasteiger partial charge in [0.25, 0.3) is 11.8 Å². The van der Waals surface area contributed by atoms with Crippen molar-refractivity contribution in [3.63, 3.8) is 0 Å². The fourth-order valence-electron chi connectivity index (χ4n) is 4.48. The summed E-state index contributed by atoms with van der Waals surface area (Å²) in [6.45, 7) is 6.59. The molecule has 1 aromatic carbocycles. The molecule has 1 aliphatic rings. The Balaban J connectivity index is 1.46. The van der Waals surface area contributed by atoms with Crippen LogP contribution in [0.15, 0.2) is 35.5 Å². The maximum atomic E-state index is 12.8. The van der Waals surface area contributed by atoms with Crippen molar-refractivity contribution in [2.24, 2.45) is 11.7 Å². The molecule has 2 aromatic heterocycles. The smallest absolute Gasteiger partial charge is 0.251 e. The Kier molecular flexibility index (Phi) is 8.65. The highest BCUT2D eigenvalue weighted by Crippen LogP contribution is 2.38. The molecule has 4 rings (SSSR count). The molecule has 196 valence electrons. The number of thiophene rings is 1. The van der Waals surface area contributed by atoms with Crippen LogP contribution in [0.4, 0.5) is 5.00 Å². The lowest BCUT2D eigenvalue weighted by Crippen LogP contribution is -2.33. The number of fused-ring (bicyclic) bond motifs is 1. The Labute approximate surface area is 224 Å². The second kappa shape index (κ2) is 11.9. The summed E-state index contributed by atoms with van der Waals surface area (Å²) >= 11 is 2.71. The molecule has 1 aliphatic carbocycles. The second-order valence-corrected chi connectivity index (χ2v) is 11.3. The Morgan fingerprint density at radius 3 is 2.54 bits per heavy atom. The van der Waals surface area contributed by atoms with Crippen LogP contribution >= 0.6 is 23.1 Å². The summed E-state index contributed by atoms with van der Waals surface area (Å²) in [7, 11) is 0. The number of primary amides is 1. The van der Waals surface area contributed by atoms with Crippen LogP contribution in [-0.4, -0.2) is 38.2 Å². The summed E-state index contributed by atoms with van der Waals surface area (Å²) in [5, 5.41) is 15.8. The number of hydrogen-bond donors (Lipinski definition) is 3. The monoisotopic (exact) mass is 540 g/mol. The van der Waals surface area contributed by atoms with E-state index in [2.05, 4.69) is 20.8 Å². The third-order valence-corrected chi connectivity index (χ3v) is 8.51. The summed E-state index contributed by atoms with van der Waals surface area (Å²) in [5.74, 6) is -0.109. The van der Waals surface area contributed by atoms with Crippen molar-refractivity contribution >= 4 is 45.8 Å². The van der Waals surface area contributed by atoms with Crippen LogP contribution in [0.3, 0.4) is 0 Å². The number of nitrogens with one attached hydrogen (secondary N) is 2. The molecule has 0 unspecified atom stereocenters. The highest BCUT2D eigenvalue weighted by atomic mass is 32.2. The Morgan fingerprint density at radius 1 is 1.14 bits per heavy atom. The maximum Gasteiger partial charge on any atom is 0.251 e. The number of nitrogens with two attached hydrogens (primary N) is 1. The largest absolute Gasteiger partial charge is 0.365 e. The standard InChI is InChI=1S/C26H32N6O3S2/c1-4-32-23(21(15(2)3)29-24(35)16-10-6-5-7-11-16)30-31-26(32)36-14-19(33)28-25-20(22(27)34)17-12-8-9-13-18(17)37-25/h5-7,10-11,15,21H,4,8-9,12-14H2,1-3H3,(H2,27,34)(H,28,33)(H,29,35)/t21-/m0/s1. The quantitative estimate of drug-likeness (QED) is 0.330. The topological polar surface area (TPSA) is 132 Å². The average molecular weight is 541 g/mol. The van der Waals surface area contributed by atoms with E-state index in [0.29, 0.717) is 33.7 Å². The first kappa shape index (κ1) is 26.9. The van der Waals surface area contributed by atoms with Gasteiger partial charge in [0.2, 0.25) is 5.91 Å². The predicted molar refractivity (Wildman–Crippen MR) is 146 cm³/mol. The van der Waals surface area contributed by atoms with Crippen LogP contribution in [0.5, 0.6) is 0 Å². The third-order valence-electron chi connectivity index (χ3n) is 6.33. The van der Waals surface area contributed by atoms with Crippen molar-refractivity contribution in [1.29, 1.82) is 0 Å². The molecule has 0 bridgehead atoms. The van der Waals surface area contributed by atoms with Crippen molar-refractivity contribution in [3.05, 3.63) is 57.7 Å². The highest BCUT2D eigenvalue weighted by Gasteiger charge is 2.27. The number of nitrogens with zero attached hydrogens (tertiary/aromatic N) is 3. The van der Waals surface area contributed by atoms with Gasteiger partial charge in [-0.25, -0.2) is 0 Å². The number of amides is 3. The number of carbonyl (C=O) groups excluding carboxylic acids is 3. The summed E-state index contributed by atoms with van der Waals surface area (Å²) in [6, 6.07) is 8.71. The van der Waals surface area contributed by atoms with E-state index in [1.54, 1.807) is 12.1 Å². The van der Waals surface area contributed by atoms with Crippen molar-refractivity contribution < 1.29 is 14.4 Å². The summed E-state index contributed by atoms with van der Waals surface area (Å²) in [5.41, 5.74) is 7.66.